The highest BCUT2D eigenvalue weighted by Gasteiger charge is 2.53. The van der Waals surface area contributed by atoms with Gasteiger partial charge in [-0.15, -0.1) is 0 Å². The van der Waals surface area contributed by atoms with Gasteiger partial charge in [-0.05, 0) is 98.0 Å². The van der Waals surface area contributed by atoms with Gasteiger partial charge in [0.25, 0.3) is 0 Å². The SMILES string of the molecule is CCC(NC(=S)NCc1ccc(F)cc1)C12CC3CC(CC(C3)C1)C2. The minimum atomic E-state index is -0.197. The van der Waals surface area contributed by atoms with Crippen LogP contribution in [0.1, 0.15) is 57.4 Å². The second-order valence-electron chi connectivity index (χ2n) is 8.69. The van der Waals surface area contributed by atoms with Crippen LogP contribution in [-0.2, 0) is 6.54 Å². The Labute approximate surface area is 156 Å². The predicted octanol–water partition coefficient (Wildman–Crippen LogP) is 4.78. The number of nitrogens with one attached hydrogen (secondary N) is 2. The summed E-state index contributed by atoms with van der Waals surface area (Å²) in [5.74, 6) is 2.69. The average molecular weight is 361 g/mol. The van der Waals surface area contributed by atoms with Gasteiger partial charge in [0.05, 0.1) is 0 Å². The Morgan fingerprint density at radius 3 is 2.20 bits per heavy atom. The van der Waals surface area contributed by atoms with Crippen LogP contribution < -0.4 is 10.6 Å². The molecule has 4 fully saturated rings. The summed E-state index contributed by atoms with van der Waals surface area (Å²) >= 11 is 5.58. The molecule has 1 atom stereocenters. The van der Waals surface area contributed by atoms with E-state index >= 15 is 0 Å². The summed E-state index contributed by atoms with van der Waals surface area (Å²) in [6.07, 6.45) is 9.74. The molecule has 2 N–H and O–H groups in total. The fraction of sp³-hybridized carbons (Fsp3) is 0.667. The molecule has 5 rings (SSSR count). The van der Waals surface area contributed by atoms with E-state index in [0.717, 1.165) is 34.9 Å². The van der Waals surface area contributed by atoms with Crippen LogP contribution in [0.15, 0.2) is 24.3 Å². The molecule has 136 valence electrons. The molecule has 0 aliphatic heterocycles. The standard InChI is InChI=1S/C21H29FN2S/c1-2-19(21-10-15-7-16(11-21)9-17(8-15)12-21)24-20(25)23-13-14-3-5-18(22)6-4-14/h3-6,15-17,19H,2,7-13H2,1H3,(H2,23,24,25). The first kappa shape index (κ1) is 17.3. The average Bonchev–Trinajstić information content (AvgIpc) is 2.58. The first-order valence-electron chi connectivity index (χ1n) is 9.85. The highest BCUT2D eigenvalue weighted by molar-refractivity contribution is 7.80. The van der Waals surface area contributed by atoms with Crippen molar-refractivity contribution in [1.82, 2.24) is 10.6 Å². The second kappa shape index (κ2) is 6.86. The zero-order valence-electron chi connectivity index (χ0n) is 15.1. The lowest BCUT2D eigenvalue weighted by molar-refractivity contribution is -0.0711. The maximum Gasteiger partial charge on any atom is 0.166 e. The molecule has 4 aliphatic carbocycles. The van der Waals surface area contributed by atoms with Gasteiger partial charge in [-0.2, -0.15) is 0 Å². The molecule has 4 heteroatoms. The van der Waals surface area contributed by atoms with Crippen molar-refractivity contribution in [3.05, 3.63) is 35.6 Å². The Morgan fingerprint density at radius 2 is 1.68 bits per heavy atom. The number of thiocarbonyl (C=S) groups is 1. The summed E-state index contributed by atoms with van der Waals surface area (Å²) in [7, 11) is 0. The molecule has 4 bridgehead atoms. The maximum atomic E-state index is 13.0. The molecule has 0 saturated heterocycles. The van der Waals surface area contributed by atoms with Gasteiger partial charge in [0.2, 0.25) is 0 Å². The smallest absolute Gasteiger partial charge is 0.166 e. The third-order valence-corrected chi connectivity index (χ3v) is 7.17. The molecule has 4 aliphatic rings. The van der Waals surface area contributed by atoms with Gasteiger partial charge in [0, 0.05) is 12.6 Å². The van der Waals surface area contributed by atoms with Crippen LogP contribution in [0.3, 0.4) is 0 Å². The van der Waals surface area contributed by atoms with E-state index in [1.165, 1.54) is 50.7 Å². The molecule has 0 amide bonds. The van der Waals surface area contributed by atoms with Crippen molar-refractivity contribution in [3.63, 3.8) is 0 Å². The lowest BCUT2D eigenvalue weighted by Gasteiger charge is -2.59. The van der Waals surface area contributed by atoms with E-state index in [-0.39, 0.29) is 5.82 Å². The van der Waals surface area contributed by atoms with Crippen LogP contribution in [0.2, 0.25) is 0 Å². The van der Waals surface area contributed by atoms with Crippen LogP contribution in [0.25, 0.3) is 0 Å². The molecule has 1 unspecified atom stereocenters. The summed E-state index contributed by atoms with van der Waals surface area (Å²) < 4.78 is 13.0. The number of hydrogen-bond donors (Lipinski definition) is 2. The Bertz CT molecular complexity index is 592. The fourth-order valence-electron chi connectivity index (χ4n) is 6.29. The first-order valence-corrected chi connectivity index (χ1v) is 10.3. The third-order valence-electron chi connectivity index (χ3n) is 6.90. The van der Waals surface area contributed by atoms with E-state index in [1.807, 2.05) is 0 Å². The lowest BCUT2D eigenvalue weighted by Crippen LogP contribution is -2.57. The number of halogens is 1. The summed E-state index contributed by atoms with van der Waals surface area (Å²) in [6.45, 7) is 2.93. The molecule has 4 saturated carbocycles. The number of hydrogen-bond acceptors (Lipinski definition) is 1. The van der Waals surface area contributed by atoms with E-state index < -0.39 is 0 Å². The molecule has 1 aromatic rings. The fourth-order valence-corrected chi connectivity index (χ4v) is 6.50. The van der Waals surface area contributed by atoms with Crippen molar-refractivity contribution >= 4 is 17.3 Å². The van der Waals surface area contributed by atoms with E-state index in [0.29, 0.717) is 18.0 Å². The molecular weight excluding hydrogens is 331 g/mol. The minimum absolute atomic E-state index is 0.197. The third kappa shape index (κ3) is 3.55. The summed E-state index contributed by atoms with van der Waals surface area (Å²) in [5.41, 5.74) is 1.51. The number of benzene rings is 1. The van der Waals surface area contributed by atoms with Gasteiger partial charge in [0.1, 0.15) is 5.82 Å². The summed E-state index contributed by atoms with van der Waals surface area (Å²) in [4.78, 5) is 0. The summed E-state index contributed by atoms with van der Waals surface area (Å²) in [5, 5.41) is 7.71. The zero-order valence-corrected chi connectivity index (χ0v) is 15.9. The zero-order chi connectivity index (χ0) is 17.4. The van der Waals surface area contributed by atoms with Crippen LogP contribution in [-0.4, -0.2) is 11.2 Å². The van der Waals surface area contributed by atoms with Crippen molar-refractivity contribution < 1.29 is 4.39 Å². The molecule has 25 heavy (non-hydrogen) atoms. The highest BCUT2D eigenvalue weighted by atomic mass is 32.1. The van der Waals surface area contributed by atoms with Crippen LogP contribution in [0.5, 0.6) is 0 Å². The van der Waals surface area contributed by atoms with Gasteiger partial charge < -0.3 is 10.6 Å². The van der Waals surface area contributed by atoms with Crippen molar-refractivity contribution in [1.29, 1.82) is 0 Å². The van der Waals surface area contributed by atoms with Gasteiger partial charge in [0.15, 0.2) is 5.11 Å². The Kier molecular flexibility index (Phi) is 4.74. The van der Waals surface area contributed by atoms with E-state index in [9.17, 15) is 4.39 Å². The molecule has 0 aromatic heterocycles. The monoisotopic (exact) mass is 360 g/mol. The molecule has 2 nitrogen and oxygen atoms in total. The van der Waals surface area contributed by atoms with Crippen LogP contribution in [0.4, 0.5) is 4.39 Å². The van der Waals surface area contributed by atoms with Crippen molar-refractivity contribution in [3.8, 4) is 0 Å². The molecule has 0 heterocycles. The van der Waals surface area contributed by atoms with Crippen LogP contribution >= 0.6 is 12.2 Å². The largest absolute Gasteiger partial charge is 0.359 e. The normalized spacial score (nSPS) is 33.9. The van der Waals surface area contributed by atoms with E-state index in [1.54, 1.807) is 12.1 Å². The van der Waals surface area contributed by atoms with E-state index in [2.05, 4.69) is 17.6 Å². The Balaban J connectivity index is 1.37. The molecule has 0 radical (unpaired) electrons. The van der Waals surface area contributed by atoms with Crippen LogP contribution in [0, 0.1) is 29.0 Å². The Morgan fingerprint density at radius 1 is 1.12 bits per heavy atom. The van der Waals surface area contributed by atoms with E-state index in [4.69, 9.17) is 12.2 Å². The molecule has 0 spiro atoms. The molecular formula is C21H29FN2S. The van der Waals surface area contributed by atoms with Crippen molar-refractivity contribution in [2.45, 2.75) is 64.5 Å². The van der Waals surface area contributed by atoms with Gasteiger partial charge >= 0.3 is 0 Å². The van der Waals surface area contributed by atoms with Gasteiger partial charge in [-0.3, -0.25) is 0 Å². The second-order valence-corrected chi connectivity index (χ2v) is 9.10. The quantitative estimate of drug-likeness (QED) is 0.739. The maximum absolute atomic E-state index is 13.0. The van der Waals surface area contributed by atoms with Crippen molar-refractivity contribution in [2.24, 2.45) is 23.2 Å². The number of rotatable bonds is 5. The minimum Gasteiger partial charge on any atom is -0.359 e. The van der Waals surface area contributed by atoms with Crippen molar-refractivity contribution in [2.75, 3.05) is 0 Å². The summed E-state index contributed by atoms with van der Waals surface area (Å²) in [6, 6.07) is 7.09. The topological polar surface area (TPSA) is 24.1 Å². The first-order chi connectivity index (χ1) is 12.1. The lowest BCUT2D eigenvalue weighted by atomic mass is 9.47. The predicted molar refractivity (Wildman–Crippen MR) is 104 cm³/mol. The van der Waals surface area contributed by atoms with Gasteiger partial charge in [-0.1, -0.05) is 19.1 Å². The molecule has 1 aromatic carbocycles. The Hall–Kier alpha value is -1.16. The highest BCUT2D eigenvalue weighted by Crippen LogP contribution is 2.61. The van der Waals surface area contributed by atoms with Gasteiger partial charge in [-0.25, -0.2) is 4.39 Å².